The fourth-order valence-corrected chi connectivity index (χ4v) is 3.59. The number of nitriles is 1. The fraction of sp³-hybridized carbons (Fsp3) is 0.174. The van der Waals surface area contributed by atoms with Gasteiger partial charge >= 0.3 is 0 Å². The zero-order valence-corrected chi connectivity index (χ0v) is 18.1. The summed E-state index contributed by atoms with van der Waals surface area (Å²) in [6.07, 6.45) is 2.15. The molecule has 0 amide bonds. The van der Waals surface area contributed by atoms with Crippen LogP contribution in [0.4, 0.5) is 15.9 Å². The van der Waals surface area contributed by atoms with Gasteiger partial charge in [-0.25, -0.2) is 14.4 Å². The maximum Gasteiger partial charge on any atom is 0.232 e. The van der Waals surface area contributed by atoms with Gasteiger partial charge in [-0.2, -0.15) is 10.4 Å². The van der Waals surface area contributed by atoms with Crippen molar-refractivity contribution in [2.24, 2.45) is 17.8 Å². The second kappa shape index (κ2) is 8.20. The molecule has 9 nitrogen and oxygen atoms in total. The molecule has 0 saturated heterocycles. The number of rotatable bonds is 1. The van der Waals surface area contributed by atoms with E-state index in [9.17, 15) is 14.4 Å². The molecular formula is C23H20FN7O2. The van der Waals surface area contributed by atoms with Gasteiger partial charge in [0.1, 0.15) is 35.1 Å². The lowest BCUT2D eigenvalue weighted by Gasteiger charge is -2.19. The summed E-state index contributed by atoms with van der Waals surface area (Å²) >= 11 is 0. The first kappa shape index (κ1) is 21.7. The number of halogens is 1. The number of ether oxygens (including phenoxy) is 1. The van der Waals surface area contributed by atoms with E-state index in [1.165, 1.54) is 35.2 Å². The van der Waals surface area contributed by atoms with E-state index in [2.05, 4.69) is 21.1 Å². The average molecular weight is 445 g/mol. The Morgan fingerprint density at radius 2 is 2.12 bits per heavy atom. The predicted octanol–water partition coefficient (Wildman–Crippen LogP) is 3.35. The lowest BCUT2D eigenvalue weighted by Crippen LogP contribution is -2.16. The highest BCUT2D eigenvalue weighted by Gasteiger charge is 2.28. The summed E-state index contributed by atoms with van der Waals surface area (Å²) < 4.78 is 21.4. The monoisotopic (exact) mass is 445 g/mol. The number of anilines is 1. The largest absolute Gasteiger partial charge is 0.482 e. The van der Waals surface area contributed by atoms with Crippen molar-refractivity contribution < 1.29 is 13.9 Å². The van der Waals surface area contributed by atoms with Crippen molar-refractivity contribution in [2.75, 3.05) is 5.73 Å². The molecule has 1 aromatic carbocycles. The zero-order chi connectivity index (χ0) is 23.9. The second-order valence-electron chi connectivity index (χ2n) is 7.59. The summed E-state index contributed by atoms with van der Waals surface area (Å²) in [5, 5.41) is 14.0. The standard InChI is InChI=1S/C23H20FN7O2/c1-11(26)6-17-22(32)21-20(18(9-25)31(3)30-21)13-7-19(23(27)28-10-13)33-12(2)15-8-14(24)4-5-16(15)29-17/h4-8,10,12H,26H2,1-3H3,(H2,27,28)/b11-6-,29-17?/t12-/m1/s1. The zero-order valence-electron chi connectivity index (χ0n) is 18.1. The summed E-state index contributed by atoms with van der Waals surface area (Å²) in [5.41, 5.74) is 13.7. The molecule has 0 aliphatic carbocycles. The third-order valence-electron chi connectivity index (χ3n) is 5.11. The number of ketones is 1. The number of aliphatic imine (C=N–C) groups is 1. The molecule has 1 aliphatic heterocycles. The Bertz CT molecular complexity index is 1390. The Hall–Kier alpha value is -4.52. The molecular weight excluding hydrogens is 425 g/mol. The van der Waals surface area contributed by atoms with Gasteiger partial charge in [-0.15, -0.1) is 0 Å². The maximum absolute atomic E-state index is 14.1. The van der Waals surface area contributed by atoms with Crippen LogP contribution in [0.25, 0.3) is 11.1 Å². The SMILES string of the molecule is C/C(N)=C/C1=Nc2ccc(F)cc2[C@@H](C)Oc2cc(cnc2N)-c2c(nn(C)c2C#N)C1=O. The quantitative estimate of drug-likeness (QED) is 0.584. The van der Waals surface area contributed by atoms with Crippen LogP contribution in [0.15, 0.2) is 47.2 Å². The minimum absolute atomic E-state index is 0.0138. The van der Waals surface area contributed by atoms with E-state index in [1.807, 2.05) is 0 Å². The number of aromatic nitrogens is 3. The second-order valence-corrected chi connectivity index (χ2v) is 7.59. The number of carbonyl (C=O) groups is 1. The van der Waals surface area contributed by atoms with Gasteiger partial charge in [-0.3, -0.25) is 9.48 Å². The van der Waals surface area contributed by atoms with Crippen molar-refractivity contribution in [2.45, 2.75) is 20.0 Å². The molecule has 1 atom stereocenters. The van der Waals surface area contributed by atoms with E-state index in [1.54, 1.807) is 27.0 Å². The van der Waals surface area contributed by atoms with Gasteiger partial charge < -0.3 is 16.2 Å². The Labute approximate surface area is 188 Å². The van der Waals surface area contributed by atoms with E-state index >= 15 is 0 Å². The average Bonchev–Trinajstić information content (AvgIpc) is 3.10. The van der Waals surface area contributed by atoms with E-state index in [4.69, 9.17) is 16.2 Å². The number of hydrogen-bond acceptors (Lipinski definition) is 8. The summed E-state index contributed by atoms with van der Waals surface area (Å²) in [7, 11) is 1.56. The molecule has 3 heterocycles. The fourth-order valence-electron chi connectivity index (χ4n) is 3.59. The van der Waals surface area contributed by atoms with Crippen molar-refractivity contribution in [3.63, 3.8) is 0 Å². The number of benzene rings is 1. The van der Waals surface area contributed by atoms with Crippen LogP contribution in [0.2, 0.25) is 0 Å². The van der Waals surface area contributed by atoms with E-state index in [0.717, 1.165) is 0 Å². The van der Waals surface area contributed by atoms with Crippen LogP contribution in [0.1, 0.15) is 41.7 Å². The molecule has 4 N–H and O–H groups in total. The molecule has 4 rings (SSSR count). The van der Waals surface area contributed by atoms with Crippen molar-refractivity contribution in [3.05, 3.63) is 65.0 Å². The first-order valence-corrected chi connectivity index (χ1v) is 9.95. The molecule has 0 spiro atoms. The number of allylic oxidation sites excluding steroid dienone is 2. The number of pyridine rings is 1. The van der Waals surface area contributed by atoms with Crippen LogP contribution in [-0.4, -0.2) is 26.3 Å². The molecule has 0 saturated carbocycles. The number of carbonyl (C=O) groups excluding carboxylic acids is 1. The van der Waals surface area contributed by atoms with Crippen LogP contribution in [0.5, 0.6) is 5.75 Å². The van der Waals surface area contributed by atoms with Crippen molar-refractivity contribution in [1.82, 2.24) is 14.8 Å². The summed E-state index contributed by atoms with van der Waals surface area (Å²) in [5.74, 6) is -0.740. The molecule has 0 radical (unpaired) electrons. The molecule has 0 fully saturated rings. The summed E-state index contributed by atoms with van der Waals surface area (Å²) in [4.78, 5) is 22.3. The molecule has 33 heavy (non-hydrogen) atoms. The summed E-state index contributed by atoms with van der Waals surface area (Å²) in [6, 6.07) is 7.61. The van der Waals surface area contributed by atoms with Crippen LogP contribution >= 0.6 is 0 Å². The minimum atomic E-state index is -0.693. The van der Waals surface area contributed by atoms with Gasteiger partial charge in [0, 0.05) is 30.1 Å². The number of Topliss-reactive ketones (excluding diaryl/α,β-unsaturated/α-hetero) is 1. The van der Waals surface area contributed by atoms with Gasteiger partial charge in [-0.05, 0) is 44.2 Å². The summed E-state index contributed by atoms with van der Waals surface area (Å²) in [6.45, 7) is 3.31. The first-order chi connectivity index (χ1) is 15.7. The molecule has 2 bridgehead atoms. The highest BCUT2D eigenvalue weighted by molar-refractivity contribution is 6.50. The van der Waals surface area contributed by atoms with Crippen molar-refractivity contribution >= 4 is 23.0 Å². The lowest BCUT2D eigenvalue weighted by molar-refractivity contribution is 0.106. The number of nitrogen functional groups attached to an aromatic ring is 1. The van der Waals surface area contributed by atoms with Crippen LogP contribution in [0, 0.1) is 17.1 Å². The Kier molecular flexibility index (Phi) is 5.39. The van der Waals surface area contributed by atoms with Crippen LogP contribution < -0.4 is 16.2 Å². The number of nitrogens with two attached hydrogens (primary N) is 2. The van der Waals surface area contributed by atoms with E-state index < -0.39 is 17.7 Å². The van der Waals surface area contributed by atoms with Crippen molar-refractivity contribution in [3.8, 4) is 22.9 Å². The highest BCUT2D eigenvalue weighted by atomic mass is 19.1. The Balaban J connectivity index is 2.11. The van der Waals surface area contributed by atoms with Crippen molar-refractivity contribution in [1.29, 1.82) is 5.26 Å². The highest BCUT2D eigenvalue weighted by Crippen LogP contribution is 2.37. The van der Waals surface area contributed by atoms with E-state index in [-0.39, 0.29) is 34.2 Å². The number of fused-ring (bicyclic) bond motifs is 5. The third kappa shape index (κ3) is 3.92. The normalized spacial score (nSPS) is 15.8. The van der Waals surface area contributed by atoms with Crippen LogP contribution in [0.3, 0.4) is 0 Å². The number of aryl methyl sites for hydroxylation is 1. The lowest BCUT2D eigenvalue weighted by atomic mass is 9.99. The van der Waals surface area contributed by atoms with Crippen LogP contribution in [-0.2, 0) is 7.05 Å². The first-order valence-electron chi connectivity index (χ1n) is 9.95. The topological polar surface area (TPSA) is 145 Å². The molecule has 1 aliphatic rings. The van der Waals surface area contributed by atoms with Gasteiger partial charge in [0.15, 0.2) is 11.6 Å². The number of nitrogens with zero attached hydrogens (tertiary/aromatic N) is 5. The smallest absolute Gasteiger partial charge is 0.232 e. The third-order valence-corrected chi connectivity index (χ3v) is 5.11. The van der Waals surface area contributed by atoms with Gasteiger partial charge in [0.2, 0.25) is 5.78 Å². The minimum Gasteiger partial charge on any atom is -0.482 e. The molecule has 10 heteroatoms. The Morgan fingerprint density at radius 1 is 1.36 bits per heavy atom. The van der Waals surface area contributed by atoms with Gasteiger partial charge in [0.05, 0.1) is 11.3 Å². The van der Waals surface area contributed by atoms with Gasteiger partial charge in [0.25, 0.3) is 0 Å². The molecule has 2 aromatic heterocycles. The predicted molar refractivity (Wildman–Crippen MR) is 120 cm³/mol. The Morgan fingerprint density at radius 3 is 2.82 bits per heavy atom. The molecule has 3 aromatic rings. The molecule has 166 valence electrons. The number of hydrogen-bond donors (Lipinski definition) is 2. The maximum atomic E-state index is 14.1. The van der Waals surface area contributed by atoms with Gasteiger partial charge in [-0.1, -0.05) is 0 Å². The molecule has 0 unspecified atom stereocenters. The van der Waals surface area contributed by atoms with E-state index in [0.29, 0.717) is 22.5 Å².